The lowest BCUT2D eigenvalue weighted by Gasteiger charge is -2.07. The van der Waals surface area contributed by atoms with Crippen LogP contribution in [0.5, 0.6) is 0 Å². The van der Waals surface area contributed by atoms with Crippen LogP contribution in [0, 0.1) is 0 Å². The molecule has 0 aliphatic rings. The average Bonchev–Trinajstić information content (AvgIpc) is 2.45. The van der Waals surface area contributed by atoms with Crippen molar-refractivity contribution in [2.75, 3.05) is 11.6 Å². The van der Waals surface area contributed by atoms with Crippen LogP contribution >= 0.6 is 12.2 Å². The fourth-order valence-electron chi connectivity index (χ4n) is 1.69. The van der Waals surface area contributed by atoms with E-state index in [2.05, 4.69) is 10.3 Å². The number of anilines is 1. The van der Waals surface area contributed by atoms with Gasteiger partial charge in [-0.3, -0.25) is 0 Å². The normalized spacial score (nSPS) is 11.1. The smallest absolute Gasteiger partial charge is 0.175 e. The number of hydrogen-bond donors (Lipinski definition) is 2. The number of pyridine rings is 1. The van der Waals surface area contributed by atoms with Gasteiger partial charge in [0.1, 0.15) is 10.8 Å². The number of benzene rings is 1. The summed E-state index contributed by atoms with van der Waals surface area (Å²) in [7, 11) is -3.16. The maximum absolute atomic E-state index is 11.4. The highest BCUT2D eigenvalue weighted by atomic mass is 32.2. The fourth-order valence-corrected chi connectivity index (χ4v) is 2.44. The van der Waals surface area contributed by atoms with Crippen LogP contribution in [0.1, 0.15) is 11.1 Å². The Morgan fingerprint density at radius 2 is 1.90 bits per heavy atom. The van der Waals surface area contributed by atoms with Crippen molar-refractivity contribution in [3.63, 3.8) is 0 Å². The minimum absolute atomic E-state index is 0.310. The Labute approximate surface area is 129 Å². The van der Waals surface area contributed by atoms with Crippen LogP contribution in [0.25, 0.3) is 0 Å². The topological polar surface area (TPSA) is 85.1 Å². The van der Waals surface area contributed by atoms with E-state index in [0.29, 0.717) is 27.8 Å². The van der Waals surface area contributed by atoms with Crippen molar-refractivity contribution in [3.05, 3.63) is 53.7 Å². The van der Waals surface area contributed by atoms with E-state index in [-0.39, 0.29) is 0 Å². The lowest BCUT2D eigenvalue weighted by molar-refractivity contribution is 0.602. The van der Waals surface area contributed by atoms with Crippen LogP contribution in [0.2, 0.25) is 0 Å². The summed E-state index contributed by atoms with van der Waals surface area (Å²) in [4.78, 5) is 4.82. The number of rotatable bonds is 5. The van der Waals surface area contributed by atoms with Gasteiger partial charge in [0, 0.05) is 24.6 Å². The maximum atomic E-state index is 11.4. The zero-order chi connectivity index (χ0) is 15.5. The molecule has 0 unspecified atom stereocenters. The van der Waals surface area contributed by atoms with Crippen LogP contribution in [0.3, 0.4) is 0 Å². The molecule has 7 heteroatoms. The lowest BCUT2D eigenvalue weighted by atomic mass is 10.2. The Bertz CT molecular complexity index is 739. The van der Waals surface area contributed by atoms with E-state index in [1.54, 1.807) is 42.6 Å². The van der Waals surface area contributed by atoms with Crippen molar-refractivity contribution >= 4 is 32.9 Å². The second-order valence-electron chi connectivity index (χ2n) is 4.57. The first-order valence-corrected chi connectivity index (χ1v) is 8.45. The molecular formula is C14H15N3O2S2. The summed E-state index contributed by atoms with van der Waals surface area (Å²) in [5, 5.41) is 3.14. The summed E-state index contributed by atoms with van der Waals surface area (Å²) in [6.45, 7) is 0.545. The summed E-state index contributed by atoms with van der Waals surface area (Å²) in [6, 6.07) is 10.3. The number of sulfone groups is 1. The molecule has 2 rings (SSSR count). The molecule has 5 nitrogen and oxygen atoms in total. The van der Waals surface area contributed by atoms with Crippen molar-refractivity contribution in [3.8, 4) is 0 Å². The Morgan fingerprint density at radius 1 is 1.24 bits per heavy atom. The summed E-state index contributed by atoms with van der Waals surface area (Å²) in [5.74, 6) is 0.696. The monoisotopic (exact) mass is 321 g/mol. The van der Waals surface area contributed by atoms with E-state index in [1.165, 1.54) is 6.26 Å². The molecular weight excluding hydrogens is 306 g/mol. The van der Waals surface area contributed by atoms with Gasteiger partial charge in [0.2, 0.25) is 0 Å². The summed E-state index contributed by atoms with van der Waals surface area (Å²) >= 11 is 4.86. The van der Waals surface area contributed by atoms with Crippen molar-refractivity contribution in [2.45, 2.75) is 11.4 Å². The SMILES string of the molecule is CS(=O)(=O)c1ccc(CNc2ccc(C(N)=S)cn2)cc1. The molecule has 0 radical (unpaired) electrons. The maximum Gasteiger partial charge on any atom is 0.175 e. The molecule has 0 saturated heterocycles. The summed E-state index contributed by atoms with van der Waals surface area (Å²) < 4.78 is 22.7. The first kappa shape index (κ1) is 15.4. The number of hydrogen-bond acceptors (Lipinski definition) is 5. The molecule has 0 aliphatic heterocycles. The predicted molar refractivity (Wildman–Crippen MR) is 87.0 cm³/mol. The first-order valence-electron chi connectivity index (χ1n) is 6.15. The van der Waals surface area contributed by atoms with E-state index >= 15 is 0 Å². The van der Waals surface area contributed by atoms with Gasteiger partial charge in [-0.1, -0.05) is 24.4 Å². The van der Waals surface area contributed by atoms with Gasteiger partial charge in [-0.05, 0) is 29.8 Å². The zero-order valence-electron chi connectivity index (χ0n) is 11.4. The predicted octanol–water partition coefficient (Wildman–Crippen LogP) is 1.73. The van der Waals surface area contributed by atoms with Crippen LogP contribution in [-0.4, -0.2) is 24.6 Å². The molecule has 3 N–H and O–H groups in total. The molecule has 21 heavy (non-hydrogen) atoms. The van der Waals surface area contributed by atoms with Gasteiger partial charge >= 0.3 is 0 Å². The third-order valence-electron chi connectivity index (χ3n) is 2.87. The number of nitrogens with zero attached hydrogens (tertiary/aromatic N) is 1. The standard InChI is InChI=1S/C14H15N3O2S2/c1-21(18,19)12-5-2-10(3-6-12)8-16-13-7-4-11(9-17-13)14(15)20/h2-7,9H,8H2,1H3,(H2,15,20)(H,16,17). The highest BCUT2D eigenvalue weighted by Gasteiger charge is 2.06. The van der Waals surface area contributed by atoms with Crippen molar-refractivity contribution in [1.82, 2.24) is 4.98 Å². The summed E-state index contributed by atoms with van der Waals surface area (Å²) in [6.07, 6.45) is 2.80. The third-order valence-corrected chi connectivity index (χ3v) is 4.24. The van der Waals surface area contributed by atoms with E-state index in [4.69, 9.17) is 18.0 Å². The molecule has 0 bridgehead atoms. The third kappa shape index (κ3) is 4.24. The largest absolute Gasteiger partial charge is 0.389 e. The Morgan fingerprint density at radius 3 is 2.38 bits per heavy atom. The van der Waals surface area contributed by atoms with Crippen molar-refractivity contribution in [2.24, 2.45) is 5.73 Å². The average molecular weight is 321 g/mol. The molecule has 2 aromatic rings. The van der Waals surface area contributed by atoms with E-state index in [1.807, 2.05) is 0 Å². The summed E-state index contributed by atoms with van der Waals surface area (Å²) in [5.41, 5.74) is 7.18. The zero-order valence-corrected chi connectivity index (χ0v) is 13.0. The van der Waals surface area contributed by atoms with E-state index in [0.717, 1.165) is 5.56 Å². The molecule has 0 fully saturated rings. The van der Waals surface area contributed by atoms with Crippen molar-refractivity contribution < 1.29 is 8.42 Å². The highest BCUT2D eigenvalue weighted by Crippen LogP contribution is 2.12. The van der Waals surface area contributed by atoms with E-state index < -0.39 is 9.84 Å². The van der Waals surface area contributed by atoms with Gasteiger partial charge in [-0.2, -0.15) is 0 Å². The minimum Gasteiger partial charge on any atom is -0.389 e. The van der Waals surface area contributed by atoms with E-state index in [9.17, 15) is 8.42 Å². The Balaban J connectivity index is 2.01. The van der Waals surface area contributed by atoms with Gasteiger partial charge in [-0.25, -0.2) is 13.4 Å². The Kier molecular flexibility index (Phi) is 4.54. The molecule has 0 spiro atoms. The molecule has 1 aromatic heterocycles. The van der Waals surface area contributed by atoms with Gasteiger partial charge in [0.25, 0.3) is 0 Å². The quantitative estimate of drug-likeness (QED) is 0.816. The van der Waals surface area contributed by atoms with Crippen LogP contribution in [0.15, 0.2) is 47.5 Å². The molecule has 0 saturated carbocycles. The number of nitrogens with two attached hydrogens (primary N) is 1. The van der Waals surface area contributed by atoms with Crippen LogP contribution in [0.4, 0.5) is 5.82 Å². The van der Waals surface area contributed by atoms with Crippen molar-refractivity contribution in [1.29, 1.82) is 0 Å². The van der Waals surface area contributed by atoms with Crippen LogP contribution < -0.4 is 11.1 Å². The molecule has 1 aromatic carbocycles. The van der Waals surface area contributed by atoms with Gasteiger partial charge < -0.3 is 11.1 Å². The van der Waals surface area contributed by atoms with Gasteiger partial charge in [0.05, 0.1) is 4.90 Å². The number of thiocarbonyl (C=S) groups is 1. The minimum atomic E-state index is -3.16. The molecule has 0 atom stereocenters. The van der Waals surface area contributed by atoms with Gasteiger partial charge in [0.15, 0.2) is 9.84 Å². The fraction of sp³-hybridized carbons (Fsp3) is 0.143. The molecule has 0 amide bonds. The van der Waals surface area contributed by atoms with Gasteiger partial charge in [-0.15, -0.1) is 0 Å². The molecule has 110 valence electrons. The molecule has 0 aliphatic carbocycles. The molecule has 1 heterocycles. The second-order valence-corrected chi connectivity index (χ2v) is 7.02. The number of nitrogens with one attached hydrogen (secondary N) is 1. The number of aromatic nitrogens is 1. The first-order chi connectivity index (χ1) is 9.86. The Hall–Kier alpha value is -1.99. The lowest BCUT2D eigenvalue weighted by Crippen LogP contribution is -2.10. The second kappa shape index (κ2) is 6.19. The highest BCUT2D eigenvalue weighted by molar-refractivity contribution is 7.90. The van der Waals surface area contributed by atoms with Crippen LogP contribution in [-0.2, 0) is 16.4 Å².